The summed E-state index contributed by atoms with van der Waals surface area (Å²) in [6.45, 7) is 6.36. The van der Waals surface area contributed by atoms with Crippen molar-refractivity contribution in [2.75, 3.05) is 0 Å². The second-order valence-corrected chi connectivity index (χ2v) is 9.85. The molecule has 0 atom stereocenters. The number of nitrogens with zero attached hydrogens (tertiary/aromatic N) is 2. The van der Waals surface area contributed by atoms with Crippen molar-refractivity contribution in [3.8, 4) is 44.9 Å². The zero-order valence-electron chi connectivity index (χ0n) is 20.3. The van der Waals surface area contributed by atoms with Crippen LogP contribution in [0.15, 0.2) is 91.1 Å². The summed E-state index contributed by atoms with van der Waals surface area (Å²) in [6.07, 6.45) is 1.70. The molecule has 36 heavy (non-hydrogen) atoms. The molecule has 2 nitrogen and oxygen atoms in total. The Morgan fingerprint density at radius 1 is 0.639 bits per heavy atom. The maximum Gasteiger partial charge on any atom is 0.123 e. The molecule has 0 N–H and O–H groups in total. The molecule has 0 radical (unpaired) electrons. The largest absolute Gasteiger partial charge is 0.252 e. The molecule has 0 bridgehead atoms. The molecule has 1 heterocycles. The minimum absolute atomic E-state index is 0.157. The lowest BCUT2D eigenvalue weighted by Crippen LogP contribution is -2.15. The van der Waals surface area contributed by atoms with Crippen molar-refractivity contribution in [2.45, 2.75) is 26.2 Å². The van der Waals surface area contributed by atoms with Gasteiger partial charge in [0.25, 0.3) is 0 Å². The molecule has 1 aliphatic rings. The number of fused-ring (bicyclic) bond motifs is 3. The molecule has 0 fully saturated rings. The molecule has 6 rings (SSSR count). The zero-order chi connectivity index (χ0) is 25.0. The lowest BCUT2D eigenvalue weighted by molar-refractivity contribution is 0.626. The quantitative estimate of drug-likeness (QED) is 0.262. The Bertz CT molecular complexity index is 1640. The maximum absolute atomic E-state index is 13.9. The van der Waals surface area contributed by atoms with Crippen molar-refractivity contribution < 1.29 is 8.78 Å². The summed E-state index contributed by atoms with van der Waals surface area (Å²) in [5, 5.41) is 0. The third kappa shape index (κ3) is 3.53. The van der Waals surface area contributed by atoms with Gasteiger partial charge in [-0.05, 0) is 83.3 Å². The SMILES string of the molecule is Cc1cc(F)ccc1-c1ncc(-c2ccc(F)cc2)nc1-c1ccc2c(c1)C(C)(C)c1ccccc1-2. The number of hydrogen-bond acceptors (Lipinski definition) is 2. The van der Waals surface area contributed by atoms with Crippen LogP contribution in [0.2, 0.25) is 0 Å². The van der Waals surface area contributed by atoms with E-state index in [1.165, 1.54) is 46.5 Å². The smallest absolute Gasteiger partial charge is 0.123 e. The maximum atomic E-state index is 13.9. The predicted octanol–water partition coefficient (Wildman–Crippen LogP) is 8.37. The average molecular weight is 475 g/mol. The zero-order valence-corrected chi connectivity index (χ0v) is 20.3. The highest BCUT2D eigenvalue weighted by Gasteiger charge is 2.35. The highest BCUT2D eigenvalue weighted by atomic mass is 19.1. The highest BCUT2D eigenvalue weighted by molar-refractivity contribution is 5.86. The van der Waals surface area contributed by atoms with E-state index in [1.807, 2.05) is 6.92 Å². The minimum atomic E-state index is -0.300. The first kappa shape index (κ1) is 22.3. The van der Waals surface area contributed by atoms with E-state index < -0.39 is 0 Å². The normalized spacial score (nSPS) is 13.4. The number of hydrogen-bond donors (Lipinski definition) is 0. The second-order valence-electron chi connectivity index (χ2n) is 9.85. The summed E-state index contributed by atoms with van der Waals surface area (Å²) in [4.78, 5) is 9.83. The van der Waals surface area contributed by atoms with E-state index in [1.54, 1.807) is 24.4 Å². The topological polar surface area (TPSA) is 25.8 Å². The van der Waals surface area contributed by atoms with Crippen LogP contribution < -0.4 is 0 Å². The van der Waals surface area contributed by atoms with Gasteiger partial charge in [0.2, 0.25) is 0 Å². The van der Waals surface area contributed by atoms with Crippen molar-refractivity contribution in [1.82, 2.24) is 9.97 Å². The summed E-state index contributed by atoms with van der Waals surface area (Å²) < 4.78 is 27.5. The molecule has 5 aromatic rings. The van der Waals surface area contributed by atoms with E-state index in [-0.39, 0.29) is 17.0 Å². The standard InChI is InChI=1S/C32H24F2N2/c1-19-16-23(34)13-15-24(19)31-30(36-29(18-35-31)20-8-11-22(33)12-9-20)21-10-14-26-25-6-4-5-7-27(25)32(2,3)28(26)17-21/h4-18H,1-3H3. The molecule has 4 aromatic carbocycles. The third-order valence-electron chi connectivity index (χ3n) is 7.21. The van der Waals surface area contributed by atoms with Gasteiger partial charge in [0.1, 0.15) is 11.6 Å². The summed E-state index contributed by atoms with van der Waals surface area (Å²) >= 11 is 0. The fourth-order valence-corrected chi connectivity index (χ4v) is 5.29. The fraction of sp³-hybridized carbons (Fsp3) is 0.125. The Morgan fingerprint density at radius 3 is 2.08 bits per heavy atom. The minimum Gasteiger partial charge on any atom is -0.252 e. The molecule has 176 valence electrons. The third-order valence-corrected chi connectivity index (χ3v) is 7.21. The van der Waals surface area contributed by atoms with Gasteiger partial charge in [0.15, 0.2) is 0 Å². The molecule has 0 saturated carbocycles. The van der Waals surface area contributed by atoms with Gasteiger partial charge >= 0.3 is 0 Å². The van der Waals surface area contributed by atoms with Crippen LogP contribution in [0.5, 0.6) is 0 Å². The molecule has 0 spiro atoms. The van der Waals surface area contributed by atoms with Gasteiger partial charge in [-0.2, -0.15) is 0 Å². The highest BCUT2D eigenvalue weighted by Crippen LogP contribution is 2.49. The molecule has 0 unspecified atom stereocenters. The molecular weight excluding hydrogens is 450 g/mol. The molecule has 1 aromatic heterocycles. The van der Waals surface area contributed by atoms with Crippen LogP contribution in [0.4, 0.5) is 8.78 Å². The van der Waals surface area contributed by atoms with E-state index in [0.717, 1.165) is 22.3 Å². The number of benzene rings is 4. The van der Waals surface area contributed by atoms with Crippen LogP contribution in [0.1, 0.15) is 30.5 Å². The molecule has 1 aliphatic carbocycles. The van der Waals surface area contributed by atoms with E-state index >= 15 is 0 Å². The van der Waals surface area contributed by atoms with E-state index in [2.05, 4.69) is 56.3 Å². The Labute approximate surface area is 209 Å². The lowest BCUT2D eigenvalue weighted by atomic mass is 9.81. The fourth-order valence-electron chi connectivity index (χ4n) is 5.29. The molecular formula is C32H24F2N2. The Kier molecular flexibility index (Phi) is 5.08. The molecule has 0 aliphatic heterocycles. The van der Waals surface area contributed by atoms with Crippen LogP contribution in [0.3, 0.4) is 0 Å². The van der Waals surface area contributed by atoms with Crippen LogP contribution in [-0.4, -0.2) is 9.97 Å². The lowest BCUT2D eigenvalue weighted by Gasteiger charge is -2.22. The first-order valence-electron chi connectivity index (χ1n) is 12.0. The van der Waals surface area contributed by atoms with Crippen molar-refractivity contribution in [2.24, 2.45) is 0 Å². The number of aryl methyl sites for hydroxylation is 1. The van der Waals surface area contributed by atoms with E-state index in [0.29, 0.717) is 17.1 Å². The summed E-state index contributed by atoms with van der Waals surface area (Å²) in [7, 11) is 0. The van der Waals surface area contributed by atoms with Gasteiger partial charge < -0.3 is 0 Å². The summed E-state index contributed by atoms with van der Waals surface area (Å²) in [5.74, 6) is -0.586. The van der Waals surface area contributed by atoms with Gasteiger partial charge in [0.05, 0.1) is 23.3 Å². The summed E-state index contributed by atoms with van der Waals surface area (Å²) in [5.41, 5.74) is 10.2. The van der Waals surface area contributed by atoms with Crippen LogP contribution in [-0.2, 0) is 5.41 Å². The van der Waals surface area contributed by atoms with E-state index in [9.17, 15) is 8.78 Å². The molecule has 4 heteroatoms. The van der Waals surface area contributed by atoms with Gasteiger partial charge in [-0.15, -0.1) is 0 Å². The average Bonchev–Trinajstić information content (AvgIpc) is 3.11. The van der Waals surface area contributed by atoms with Crippen molar-refractivity contribution in [3.63, 3.8) is 0 Å². The Balaban J connectivity index is 1.57. The van der Waals surface area contributed by atoms with Gasteiger partial charge in [-0.1, -0.05) is 50.2 Å². The van der Waals surface area contributed by atoms with Crippen molar-refractivity contribution in [1.29, 1.82) is 0 Å². The number of rotatable bonds is 3. The van der Waals surface area contributed by atoms with Crippen LogP contribution >= 0.6 is 0 Å². The Morgan fingerprint density at radius 2 is 1.31 bits per heavy atom. The second kappa shape index (κ2) is 8.20. The summed E-state index contributed by atoms with van der Waals surface area (Å²) in [6, 6.07) is 25.9. The van der Waals surface area contributed by atoms with E-state index in [4.69, 9.17) is 9.97 Å². The van der Waals surface area contributed by atoms with Gasteiger partial charge in [-0.3, -0.25) is 4.98 Å². The number of aromatic nitrogens is 2. The van der Waals surface area contributed by atoms with Crippen LogP contribution in [0.25, 0.3) is 44.9 Å². The first-order valence-corrected chi connectivity index (χ1v) is 12.0. The number of halogens is 2. The van der Waals surface area contributed by atoms with Crippen molar-refractivity contribution >= 4 is 0 Å². The first-order chi connectivity index (χ1) is 17.3. The molecule has 0 saturated heterocycles. The van der Waals surface area contributed by atoms with Gasteiger partial charge in [-0.25, -0.2) is 13.8 Å². The molecule has 0 amide bonds. The predicted molar refractivity (Wildman–Crippen MR) is 141 cm³/mol. The van der Waals surface area contributed by atoms with Crippen LogP contribution in [0, 0.1) is 18.6 Å². The monoisotopic (exact) mass is 474 g/mol. The van der Waals surface area contributed by atoms with Gasteiger partial charge in [0, 0.05) is 22.1 Å². The Hall–Kier alpha value is -4.18. The van der Waals surface area contributed by atoms with Crippen molar-refractivity contribution in [3.05, 3.63) is 119 Å².